The maximum atomic E-state index is 14.0. The van der Waals surface area contributed by atoms with Gasteiger partial charge in [0.2, 0.25) is 0 Å². The standard InChI is InChI=1S/C23H26NOPS/c1-24(18-20-27-23-15-9-4-10-16-23)17-19-26(25,21-11-5-2-6-12-21)22-13-7-3-8-14-22/h2-16H,17-20H2,1H3. The van der Waals surface area contributed by atoms with E-state index in [9.17, 15) is 4.57 Å². The van der Waals surface area contributed by atoms with Crippen LogP contribution < -0.4 is 10.6 Å². The van der Waals surface area contributed by atoms with Crippen molar-refractivity contribution >= 4 is 29.5 Å². The second-order valence-electron chi connectivity index (χ2n) is 6.60. The van der Waals surface area contributed by atoms with Gasteiger partial charge in [-0.25, -0.2) is 0 Å². The SMILES string of the molecule is CN(CCSc1ccccc1)CCP(=O)(c1ccccc1)c1ccccc1. The Morgan fingerprint density at radius 1 is 0.741 bits per heavy atom. The molecule has 0 spiro atoms. The molecule has 0 unspecified atom stereocenters. The van der Waals surface area contributed by atoms with Gasteiger partial charge in [-0.3, -0.25) is 0 Å². The maximum absolute atomic E-state index is 14.0. The Morgan fingerprint density at radius 3 is 1.74 bits per heavy atom. The molecule has 0 aliphatic rings. The summed E-state index contributed by atoms with van der Waals surface area (Å²) in [5.74, 6) is 1.03. The number of hydrogen-bond donors (Lipinski definition) is 0. The summed E-state index contributed by atoms with van der Waals surface area (Å²) in [7, 11) is -0.500. The Bertz CT molecular complexity index is 812. The first kappa shape index (κ1) is 19.9. The lowest BCUT2D eigenvalue weighted by Gasteiger charge is -2.23. The zero-order chi connectivity index (χ0) is 19.0. The van der Waals surface area contributed by atoms with Crippen LogP contribution in [0.4, 0.5) is 0 Å². The Balaban J connectivity index is 1.62. The van der Waals surface area contributed by atoms with Crippen LogP contribution in [-0.4, -0.2) is 37.0 Å². The predicted octanol–water partition coefficient (Wildman–Crippen LogP) is 4.72. The topological polar surface area (TPSA) is 20.3 Å². The van der Waals surface area contributed by atoms with Crippen molar-refractivity contribution in [2.75, 3.05) is 32.1 Å². The normalized spacial score (nSPS) is 11.6. The molecule has 3 rings (SSSR count). The molecule has 0 aromatic heterocycles. The van der Waals surface area contributed by atoms with Crippen LogP contribution in [0.2, 0.25) is 0 Å². The molecule has 0 heterocycles. The van der Waals surface area contributed by atoms with Gasteiger partial charge >= 0.3 is 0 Å². The van der Waals surface area contributed by atoms with E-state index in [0.29, 0.717) is 6.16 Å². The molecule has 0 aliphatic carbocycles. The van der Waals surface area contributed by atoms with Crippen molar-refractivity contribution in [3.8, 4) is 0 Å². The lowest BCUT2D eigenvalue weighted by molar-refractivity contribution is 0.377. The fourth-order valence-electron chi connectivity index (χ4n) is 3.00. The minimum atomic E-state index is -2.62. The molecule has 0 N–H and O–H groups in total. The van der Waals surface area contributed by atoms with Crippen LogP contribution in [0.3, 0.4) is 0 Å². The monoisotopic (exact) mass is 395 g/mol. The Labute approximate surface area is 167 Å². The van der Waals surface area contributed by atoms with Gasteiger partial charge in [-0.2, -0.15) is 0 Å². The van der Waals surface area contributed by atoms with E-state index in [-0.39, 0.29) is 0 Å². The third-order valence-electron chi connectivity index (χ3n) is 4.63. The van der Waals surface area contributed by atoms with Crippen LogP contribution in [0.5, 0.6) is 0 Å². The lowest BCUT2D eigenvalue weighted by Crippen LogP contribution is -2.28. The number of hydrogen-bond acceptors (Lipinski definition) is 3. The molecule has 3 aromatic carbocycles. The van der Waals surface area contributed by atoms with Gasteiger partial charge in [0.05, 0.1) is 0 Å². The van der Waals surface area contributed by atoms with Crippen LogP contribution in [-0.2, 0) is 4.57 Å². The summed E-state index contributed by atoms with van der Waals surface area (Å²) in [6, 6.07) is 30.3. The molecule has 0 aliphatic heterocycles. The van der Waals surface area contributed by atoms with Crippen LogP contribution in [0.25, 0.3) is 0 Å². The smallest absolute Gasteiger partial charge is 0.144 e. The highest BCUT2D eigenvalue weighted by Gasteiger charge is 2.27. The highest BCUT2D eigenvalue weighted by atomic mass is 32.2. The quantitative estimate of drug-likeness (QED) is 0.386. The minimum Gasteiger partial charge on any atom is -0.314 e. The Hall–Kier alpha value is -1.80. The first-order chi connectivity index (χ1) is 13.2. The van der Waals surface area contributed by atoms with Crippen molar-refractivity contribution in [3.05, 3.63) is 91.0 Å². The van der Waals surface area contributed by atoms with Gasteiger partial charge < -0.3 is 9.46 Å². The number of thioether (sulfide) groups is 1. The van der Waals surface area contributed by atoms with Gasteiger partial charge in [0.1, 0.15) is 7.14 Å². The molecule has 27 heavy (non-hydrogen) atoms. The molecule has 3 aromatic rings. The molecule has 0 amide bonds. The van der Waals surface area contributed by atoms with Gasteiger partial charge in [-0.05, 0) is 19.2 Å². The molecule has 140 valence electrons. The third-order valence-corrected chi connectivity index (χ3v) is 8.71. The van der Waals surface area contributed by atoms with Crippen LogP contribution >= 0.6 is 18.9 Å². The molecular formula is C23H26NOPS. The second-order valence-corrected chi connectivity index (χ2v) is 10.7. The zero-order valence-corrected chi connectivity index (χ0v) is 17.4. The van der Waals surface area contributed by atoms with Crippen molar-refractivity contribution in [2.45, 2.75) is 4.90 Å². The van der Waals surface area contributed by atoms with E-state index < -0.39 is 7.14 Å². The van der Waals surface area contributed by atoms with E-state index in [2.05, 4.69) is 36.2 Å². The van der Waals surface area contributed by atoms with E-state index in [1.807, 2.05) is 78.5 Å². The van der Waals surface area contributed by atoms with Crippen molar-refractivity contribution in [1.82, 2.24) is 4.90 Å². The van der Waals surface area contributed by atoms with Crippen molar-refractivity contribution in [3.63, 3.8) is 0 Å². The van der Waals surface area contributed by atoms with Gasteiger partial charge in [0.15, 0.2) is 0 Å². The fraction of sp³-hybridized carbons (Fsp3) is 0.217. The Morgan fingerprint density at radius 2 is 1.22 bits per heavy atom. The lowest BCUT2D eigenvalue weighted by atomic mass is 10.4. The average molecular weight is 396 g/mol. The highest BCUT2D eigenvalue weighted by molar-refractivity contribution is 7.99. The summed E-state index contributed by atoms with van der Waals surface area (Å²) in [5.41, 5.74) is 0. The van der Waals surface area contributed by atoms with E-state index in [4.69, 9.17) is 0 Å². The van der Waals surface area contributed by atoms with Crippen LogP contribution in [0, 0.1) is 0 Å². The van der Waals surface area contributed by atoms with Crippen molar-refractivity contribution in [2.24, 2.45) is 0 Å². The molecule has 2 nitrogen and oxygen atoms in total. The number of benzene rings is 3. The summed E-state index contributed by atoms with van der Waals surface area (Å²) < 4.78 is 14.0. The van der Waals surface area contributed by atoms with Crippen LogP contribution in [0.1, 0.15) is 0 Å². The highest BCUT2D eigenvalue weighted by Crippen LogP contribution is 2.42. The van der Waals surface area contributed by atoms with Gasteiger partial charge in [-0.15, -0.1) is 11.8 Å². The summed E-state index contributed by atoms with van der Waals surface area (Å²) in [6.45, 7) is 1.79. The van der Waals surface area contributed by atoms with Gasteiger partial charge in [0, 0.05) is 40.5 Å². The largest absolute Gasteiger partial charge is 0.314 e. The van der Waals surface area contributed by atoms with E-state index in [1.165, 1.54) is 4.90 Å². The van der Waals surface area contributed by atoms with Gasteiger partial charge in [0.25, 0.3) is 0 Å². The second kappa shape index (κ2) is 9.94. The molecule has 0 fully saturated rings. The molecule has 0 atom stereocenters. The number of nitrogens with zero attached hydrogens (tertiary/aromatic N) is 1. The van der Waals surface area contributed by atoms with Crippen LogP contribution in [0.15, 0.2) is 95.9 Å². The molecular weight excluding hydrogens is 369 g/mol. The Kier molecular flexibility index (Phi) is 7.34. The fourth-order valence-corrected chi connectivity index (χ4v) is 6.74. The van der Waals surface area contributed by atoms with E-state index >= 15 is 0 Å². The van der Waals surface area contributed by atoms with Gasteiger partial charge in [-0.1, -0.05) is 78.9 Å². The van der Waals surface area contributed by atoms with Crippen molar-refractivity contribution < 1.29 is 4.57 Å². The summed E-state index contributed by atoms with van der Waals surface area (Å²) >= 11 is 1.86. The molecule has 0 saturated carbocycles. The van der Waals surface area contributed by atoms with Crippen molar-refractivity contribution in [1.29, 1.82) is 0 Å². The molecule has 4 heteroatoms. The average Bonchev–Trinajstić information content (AvgIpc) is 2.74. The molecule has 0 bridgehead atoms. The van der Waals surface area contributed by atoms with E-state index in [0.717, 1.165) is 29.5 Å². The first-order valence-electron chi connectivity index (χ1n) is 9.25. The summed E-state index contributed by atoms with van der Waals surface area (Å²) in [6.07, 6.45) is 0.660. The molecule has 0 saturated heterocycles. The predicted molar refractivity (Wildman–Crippen MR) is 119 cm³/mol. The maximum Gasteiger partial charge on any atom is 0.144 e. The minimum absolute atomic E-state index is 0.660. The number of rotatable bonds is 9. The molecule has 0 radical (unpaired) electrons. The zero-order valence-electron chi connectivity index (χ0n) is 15.7. The third kappa shape index (κ3) is 5.59. The summed E-state index contributed by atoms with van der Waals surface area (Å²) in [4.78, 5) is 3.58. The first-order valence-corrected chi connectivity index (χ1v) is 12.1. The van der Waals surface area contributed by atoms with E-state index in [1.54, 1.807) is 0 Å². The summed E-state index contributed by atoms with van der Waals surface area (Å²) in [5, 5.41) is 1.89.